The summed E-state index contributed by atoms with van der Waals surface area (Å²) in [7, 11) is 0. The van der Waals surface area contributed by atoms with E-state index in [9.17, 15) is 4.79 Å². The van der Waals surface area contributed by atoms with Crippen molar-refractivity contribution in [2.75, 3.05) is 49.6 Å². The van der Waals surface area contributed by atoms with Crippen LogP contribution < -0.4 is 24.6 Å². The van der Waals surface area contributed by atoms with Crippen molar-refractivity contribution in [3.8, 4) is 11.5 Å². The van der Waals surface area contributed by atoms with Gasteiger partial charge in [0.2, 0.25) is 0 Å². The first-order valence-corrected chi connectivity index (χ1v) is 10.9. The van der Waals surface area contributed by atoms with Crippen LogP contribution in [-0.4, -0.2) is 51.3 Å². The molecule has 1 amide bonds. The molecule has 0 spiro atoms. The molecule has 1 unspecified atom stereocenters. The average molecular weight is 413 g/mol. The molecule has 3 rings (SSSR count). The van der Waals surface area contributed by atoms with E-state index in [-0.39, 0.29) is 5.91 Å². The van der Waals surface area contributed by atoms with E-state index < -0.39 is 0 Å². The highest BCUT2D eigenvalue weighted by atomic mass is 16.5. The smallest absolute Gasteiger partial charge is 0.279 e. The Labute approximate surface area is 179 Å². The molecule has 1 heterocycles. The second kappa shape index (κ2) is 10.3. The minimum Gasteiger partial charge on any atom is -0.494 e. The van der Waals surface area contributed by atoms with Crippen LogP contribution in [0.25, 0.3) is 0 Å². The Hall–Kier alpha value is -2.73. The van der Waals surface area contributed by atoms with Crippen LogP contribution in [0.3, 0.4) is 0 Å². The van der Waals surface area contributed by atoms with Crippen molar-refractivity contribution < 1.29 is 19.2 Å². The topological polar surface area (TPSA) is 55.2 Å². The summed E-state index contributed by atoms with van der Waals surface area (Å²) in [6.45, 7) is 12.6. The SMILES string of the molecule is CCOc1ccc(OCC)c(NC(=O)C[NH+]2CCN(c3cccc(C)c3)[C@H](C)C2)c1. The Bertz CT molecular complexity index is 855. The number of quaternary nitrogens is 1. The van der Waals surface area contributed by atoms with Gasteiger partial charge in [-0.05, 0) is 57.5 Å². The molecule has 0 radical (unpaired) electrons. The second-order valence-corrected chi connectivity index (χ2v) is 7.83. The number of carbonyl (C=O) groups excluding carboxylic acids is 1. The van der Waals surface area contributed by atoms with Gasteiger partial charge in [-0.1, -0.05) is 12.1 Å². The van der Waals surface area contributed by atoms with Gasteiger partial charge in [0.1, 0.15) is 11.5 Å². The maximum absolute atomic E-state index is 12.8. The predicted molar refractivity (Wildman–Crippen MR) is 121 cm³/mol. The molecule has 2 aromatic carbocycles. The number of nitrogens with one attached hydrogen (secondary N) is 2. The minimum absolute atomic E-state index is 0.00388. The van der Waals surface area contributed by atoms with E-state index in [2.05, 4.69) is 48.3 Å². The number of hydrogen-bond acceptors (Lipinski definition) is 4. The normalized spacial score (nSPS) is 18.7. The van der Waals surface area contributed by atoms with Crippen LogP contribution in [0.15, 0.2) is 42.5 Å². The highest BCUT2D eigenvalue weighted by Gasteiger charge is 2.28. The number of piperazine rings is 1. The van der Waals surface area contributed by atoms with Gasteiger partial charge >= 0.3 is 0 Å². The molecule has 0 aliphatic carbocycles. The first-order chi connectivity index (χ1) is 14.5. The lowest BCUT2D eigenvalue weighted by Crippen LogP contribution is -3.16. The lowest BCUT2D eigenvalue weighted by atomic mass is 10.1. The predicted octanol–water partition coefficient (Wildman–Crippen LogP) is 2.52. The second-order valence-electron chi connectivity index (χ2n) is 7.83. The van der Waals surface area contributed by atoms with Crippen molar-refractivity contribution in [1.29, 1.82) is 0 Å². The molecule has 1 fully saturated rings. The molecule has 2 atom stereocenters. The first kappa shape index (κ1) is 22.0. The van der Waals surface area contributed by atoms with Crippen molar-refractivity contribution in [1.82, 2.24) is 0 Å². The van der Waals surface area contributed by atoms with E-state index in [0.717, 1.165) is 25.4 Å². The number of aryl methyl sites for hydroxylation is 1. The zero-order chi connectivity index (χ0) is 21.5. The molecular formula is C24H34N3O3+. The van der Waals surface area contributed by atoms with Gasteiger partial charge in [-0.3, -0.25) is 4.79 Å². The molecular weight excluding hydrogens is 378 g/mol. The maximum atomic E-state index is 12.8. The van der Waals surface area contributed by atoms with E-state index in [0.29, 0.717) is 37.2 Å². The standard InChI is InChI=1S/C24H33N3O3/c1-5-29-21-10-11-23(30-6-2)22(15-21)25-24(28)17-26-12-13-27(19(4)16-26)20-9-7-8-18(3)14-20/h7-11,14-15,19H,5-6,12-13,16-17H2,1-4H3,(H,25,28)/p+1/t19-/m1/s1. The van der Waals surface area contributed by atoms with E-state index in [1.165, 1.54) is 16.2 Å². The van der Waals surface area contributed by atoms with Crippen molar-refractivity contribution in [3.05, 3.63) is 48.0 Å². The van der Waals surface area contributed by atoms with Gasteiger partial charge in [-0.15, -0.1) is 0 Å². The zero-order valence-electron chi connectivity index (χ0n) is 18.5. The van der Waals surface area contributed by atoms with Crippen LogP contribution in [0, 0.1) is 6.92 Å². The average Bonchev–Trinajstić information content (AvgIpc) is 2.70. The number of ether oxygens (including phenoxy) is 2. The number of benzene rings is 2. The molecule has 162 valence electrons. The summed E-state index contributed by atoms with van der Waals surface area (Å²) in [6, 6.07) is 14.6. The van der Waals surface area contributed by atoms with Gasteiger partial charge in [0, 0.05) is 11.8 Å². The zero-order valence-corrected chi connectivity index (χ0v) is 18.5. The third-order valence-corrected chi connectivity index (χ3v) is 5.40. The van der Waals surface area contributed by atoms with Crippen LogP contribution in [-0.2, 0) is 4.79 Å². The van der Waals surface area contributed by atoms with Gasteiger partial charge in [0.15, 0.2) is 6.54 Å². The molecule has 0 saturated carbocycles. The Kier molecular flexibility index (Phi) is 7.57. The minimum atomic E-state index is -0.00388. The quantitative estimate of drug-likeness (QED) is 0.700. The number of carbonyl (C=O) groups is 1. The number of anilines is 2. The van der Waals surface area contributed by atoms with E-state index >= 15 is 0 Å². The molecule has 6 heteroatoms. The van der Waals surface area contributed by atoms with E-state index in [1.54, 1.807) is 0 Å². The summed E-state index contributed by atoms with van der Waals surface area (Å²) < 4.78 is 11.2. The van der Waals surface area contributed by atoms with Crippen LogP contribution >= 0.6 is 0 Å². The van der Waals surface area contributed by atoms with Crippen molar-refractivity contribution in [2.24, 2.45) is 0 Å². The molecule has 2 N–H and O–H groups in total. The fourth-order valence-electron chi connectivity index (χ4n) is 4.05. The van der Waals surface area contributed by atoms with Crippen molar-refractivity contribution in [3.63, 3.8) is 0 Å². The molecule has 30 heavy (non-hydrogen) atoms. The number of rotatable bonds is 8. The third kappa shape index (κ3) is 5.66. The monoisotopic (exact) mass is 412 g/mol. The van der Waals surface area contributed by atoms with Gasteiger partial charge in [0.25, 0.3) is 5.91 Å². The number of nitrogens with zero attached hydrogens (tertiary/aromatic N) is 1. The highest BCUT2D eigenvalue weighted by Crippen LogP contribution is 2.29. The van der Waals surface area contributed by atoms with Crippen molar-refractivity contribution >= 4 is 17.3 Å². The lowest BCUT2D eigenvalue weighted by Gasteiger charge is -2.38. The van der Waals surface area contributed by atoms with Crippen molar-refractivity contribution in [2.45, 2.75) is 33.7 Å². The highest BCUT2D eigenvalue weighted by molar-refractivity contribution is 5.93. The van der Waals surface area contributed by atoms with Gasteiger partial charge in [-0.25, -0.2) is 0 Å². The molecule has 6 nitrogen and oxygen atoms in total. The Morgan fingerprint density at radius 1 is 1.17 bits per heavy atom. The van der Waals surface area contributed by atoms with Crippen LogP contribution in [0.5, 0.6) is 11.5 Å². The summed E-state index contributed by atoms with van der Waals surface area (Å²) in [4.78, 5) is 16.5. The molecule has 2 aromatic rings. The molecule has 0 aromatic heterocycles. The molecule has 0 bridgehead atoms. The lowest BCUT2D eigenvalue weighted by molar-refractivity contribution is -0.894. The van der Waals surface area contributed by atoms with Gasteiger partial charge < -0.3 is 24.6 Å². The number of amides is 1. The first-order valence-electron chi connectivity index (χ1n) is 10.9. The van der Waals surface area contributed by atoms with E-state index in [4.69, 9.17) is 9.47 Å². The van der Waals surface area contributed by atoms with E-state index in [1.807, 2.05) is 32.0 Å². The molecule has 1 aliphatic heterocycles. The summed E-state index contributed by atoms with van der Waals surface area (Å²) in [5.74, 6) is 1.39. The fourth-order valence-corrected chi connectivity index (χ4v) is 4.05. The molecule has 1 aliphatic rings. The maximum Gasteiger partial charge on any atom is 0.279 e. The summed E-state index contributed by atoms with van der Waals surface area (Å²) in [6.07, 6.45) is 0. The van der Waals surface area contributed by atoms with Crippen LogP contribution in [0.1, 0.15) is 26.3 Å². The third-order valence-electron chi connectivity index (χ3n) is 5.40. The summed E-state index contributed by atoms with van der Waals surface area (Å²) in [5, 5.41) is 3.03. The number of hydrogen-bond donors (Lipinski definition) is 2. The Morgan fingerprint density at radius 2 is 1.97 bits per heavy atom. The molecule has 1 saturated heterocycles. The van der Waals surface area contributed by atoms with Gasteiger partial charge in [-0.2, -0.15) is 0 Å². The van der Waals surface area contributed by atoms with Gasteiger partial charge in [0.05, 0.1) is 44.6 Å². The Balaban J connectivity index is 1.60. The summed E-state index contributed by atoms with van der Waals surface area (Å²) >= 11 is 0. The summed E-state index contributed by atoms with van der Waals surface area (Å²) in [5.41, 5.74) is 3.20. The fraction of sp³-hybridized carbons (Fsp3) is 0.458. The largest absolute Gasteiger partial charge is 0.494 e. The Morgan fingerprint density at radius 3 is 2.67 bits per heavy atom. The van der Waals surface area contributed by atoms with Crippen LogP contribution in [0.2, 0.25) is 0 Å². The van der Waals surface area contributed by atoms with Crippen LogP contribution in [0.4, 0.5) is 11.4 Å².